The topological polar surface area (TPSA) is 58.6 Å². The van der Waals surface area contributed by atoms with E-state index in [2.05, 4.69) is 21.2 Å². The predicted octanol–water partition coefficient (Wildman–Crippen LogP) is 5.29. The minimum atomic E-state index is -0.640. The molecule has 0 spiro atoms. The molecule has 0 heterocycles. The van der Waals surface area contributed by atoms with Gasteiger partial charge >= 0.3 is 0 Å². The summed E-state index contributed by atoms with van der Waals surface area (Å²) in [5, 5.41) is 3.53. The maximum absolute atomic E-state index is 13.1. The number of carbonyl (C=O) groups is 2. The molecular weight excluding hydrogens is 480 g/mol. The van der Waals surface area contributed by atoms with E-state index in [0.29, 0.717) is 23.2 Å². The van der Waals surface area contributed by atoms with Crippen molar-refractivity contribution >= 4 is 39.3 Å². The highest BCUT2D eigenvalue weighted by Crippen LogP contribution is 2.26. The summed E-state index contributed by atoms with van der Waals surface area (Å²) < 4.78 is 6.80. The lowest BCUT2D eigenvalue weighted by Crippen LogP contribution is -2.49. The van der Waals surface area contributed by atoms with Crippen LogP contribution in [0.2, 0.25) is 5.02 Å². The minimum Gasteiger partial charge on any atom is -0.484 e. The zero-order valence-corrected chi connectivity index (χ0v) is 21.0. The summed E-state index contributed by atoms with van der Waals surface area (Å²) in [4.78, 5) is 27.3. The quantitative estimate of drug-likeness (QED) is 0.500. The third-order valence-electron chi connectivity index (χ3n) is 4.89. The first-order valence-corrected chi connectivity index (χ1v) is 11.5. The van der Waals surface area contributed by atoms with Crippen molar-refractivity contribution < 1.29 is 14.3 Å². The number of ether oxygens (including phenoxy) is 1. The van der Waals surface area contributed by atoms with Crippen LogP contribution in [0, 0.1) is 19.8 Å². The van der Waals surface area contributed by atoms with E-state index in [1.807, 2.05) is 52.0 Å². The van der Waals surface area contributed by atoms with Crippen molar-refractivity contribution in [2.45, 2.75) is 47.2 Å². The molecule has 0 aliphatic rings. The third-order valence-corrected chi connectivity index (χ3v) is 6.39. The number of amides is 2. The summed E-state index contributed by atoms with van der Waals surface area (Å²) in [5.74, 6) is 0.491. The molecule has 0 saturated heterocycles. The number of hydrogen-bond acceptors (Lipinski definition) is 3. The standard InChI is InChI=1S/C24H30BrClN2O3/c1-15(2)12-27-24(30)18(5)28(13-19-6-8-20(26)9-7-19)22(29)14-31-21-10-16(3)23(25)17(4)11-21/h6-11,15,18H,12-14H2,1-5H3,(H,27,30)/t18-/m0/s1. The molecule has 5 nitrogen and oxygen atoms in total. The summed E-state index contributed by atoms with van der Waals surface area (Å²) in [6.45, 7) is 10.4. The Labute approximate surface area is 198 Å². The minimum absolute atomic E-state index is 0.157. The van der Waals surface area contributed by atoms with Crippen LogP contribution < -0.4 is 10.1 Å². The number of nitrogens with one attached hydrogen (secondary N) is 1. The van der Waals surface area contributed by atoms with Gasteiger partial charge in [0.2, 0.25) is 5.91 Å². The van der Waals surface area contributed by atoms with Gasteiger partial charge in [-0.2, -0.15) is 0 Å². The van der Waals surface area contributed by atoms with Crippen LogP contribution in [-0.4, -0.2) is 35.9 Å². The van der Waals surface area contributed by atoms with Crippen LogP contribution in [0.3, 0.4) is 0 Å². The van der Waals surface area contributed by atoms with Crippen molar-refractivity contribution in [3.05, 3.63) is 62.6 Å². The molecule has 0 radical (unpaired) electrons. The smallest absolute Gasteiger partial charge is 0.261 e. The molecule has 168 valence electrons. The highest BCUT2D eigenvalue weighted by Gasteiger charge is 2.26. The fourth-order valence-electron chi connectivity index (χ4n) is 3.04. The molecule has 2 aromatic rings. The molecule has 0 bridgehead atoms. The predicted molar refractivity (Wildman–Crippen MR) is 128 cm³/mol. The van der Waals surface area contributed by atoms with Crippen LogP contribution in [0.5, 0.6) is 5.75 Å². The molecule has 2 amide bonds. The van der Waals surface area contributed by atoms with Gasteiger partial charge in [-0.05, 0) is 67.6 Å². The lowest BCUT2D eigenvalue weighted by atomic mass is 10.1. The molecule has 31 heavy (non-hydrogen) atoms. The summed E-state index contributed by atoms with van der Waals surface area (Å²) in [7, 11) is 0. The summed E-state index contributed by atoms with van der Waals surface area (Å²) in [6.07, 6.45) is 0. The number of hydrogen-bond donors (Lipinski definition) is 1. The van der Waals surface area contributed by atoms with E-state index in [9.17, 15) is 9.59 Å². The van der Waals surface area contributed by atoms with Crippen molar-refractivity contribution in [3.63, 3.8) is 0 Å². The first-order valence-electron chi connectivity index (χ1n) is 10.3. The second-order valence-corrected chi connectivity index (χ2v) is 9.35. The van der Waals surface area contributed by atoms with Crippen molar-refractivity contribution in [3.8, 4) is 5.75 Å². The molecule has 0 aliphatic carbocycles. The molecule has 1 atom stereocenters. The van der Waals surface area contributed by atoms with Gasteiger partial charge in [-0.25, -0.2) is 0 Å². The van der Waals surface area contributed by atoms with Gasteiger partial charge in [-0.15, -0.1) is 0 Å². The Hall–Kier alpha value is -2.05. The fraction of sp³-hybridized carbons (Fsp3) is 0.417. The first kappa shape index (κ1) is 25.2. The molecule has 0 unspecified atom stereocenters. The number of halogens is 2. The summed E-state index contributed by atoms with van der Waals surface area (Å²) in [6, 6.07) is 10.4. The van der Waals surface area contributed by atoms with Crippen LogP contribution in [0.25, 0.3) is 0 Å². The van der Waals surface area contributed by atoms with Gasteiger partial charge in [-0.3, -0.25) is 9.59 Å². The molecule has 0 aromatic heterocycles. The highest BCUT2D eigenvalue weighted by molar-refractivity contribution is 9.10. The van der Waals surface area contributed by atoms with Crippen LogP contribution in [0.15, 0.2) is 40.9 Å². The van der Waals surface area contributed by atoms with Crippen LogP contribution in [-0.2, 0) is 16.1 Å². The molecule has 1 N–H and O–H groups in total. The molecule has 2 rings (SSSR count). The Kier molecular flexibility index (Phi) is 9.38. The number of benzene rings is 2. The Morgan fingerprint density at radius 1 is 1.10 bits per heavy atom. The van der Waals surface area contributed by atoms with E-state index in [1.54, 1.807) is 19.1 Å². The van der Waals surface area contributed by atoms with Crippen molar-refractivity contribution in [1.29, 1.82) is 0 Å². The lowest BCUT2D eigenvalue weighted by Gasteiger charge is -2.29. The first-order chi connectivity index (χ1) is 14.6. The molecule has 0 fully saturated rings. The zero-order chi connectivity index (χ0) is 23.1. The Morgan fingerprint density at radius 3 is 2.23 bits per heavy atom. The van der Waals surface area contributed by atoms with E-state index in [0.717, 1.165) is 21.2 Å². The zero-order valence-electron chi connectivity index (χ0n) is 18.7. The maximum Gasteiger partial charge on any atom is 0.261 e. The van der Waals surface area contributed by atoms with Crippen LogP contribution in [0.4, 0.5) is 0 Å². The van der Waals surface area contributed by atoms with E-state index >= 15 is 0 Å². The van der Waals surface area contributed by atoms with Crippen LogP contribution in [0.1, 0.15) is 37.5 Å². The summed E-state index contributed by atoms with van der Waals surface area (Å²) >= 11 is 9.51. The Bertz CT molecular complexity index is 893. The number of rotatable bonds is 9. The van der Waals surface area contributed by atoms with Crippen molar-refractivity contribution in [1.82, 2.24) is 10.2 Å². The van der Waals surface area contributed by atoms with E-state index in [4.69, 9.17) is 16.3 Å². The average Bonchev–Trinajstić information content (AvgIpc) is 2.73. The Balaban J connectivity index is 2.16. The van der Waals surface area contributed by atoms with E-state index < -0.39 is 6.04 Å². The van der Waals surface area contributed by atoms with Gasteiger partial charge in [0.15, 0.2) is 6.61 Å². The Morgan fingerprint density at radius 2 is 1.68 bits per heavy atom. The van der Waals surface area contributed by atoms with Crippen molar-refractivity contribution in [2.75, 3.05) is 13.2 Å². The molecule has 7 heteroatoms. The number of nitrogens with zero attached hydrogens (tertiary/aromatic N) is 1. The van der Waals surface area contributed by atoms with Gasteiger partial charge in [0.05, 0.1) is 0 Å². The van der Waals surface area contributed by atoms with Crippen molar-refractivity contribution in [2.24, 2.45) is 5.92 Å². The molecule has 0 saturated carbocycles. The number of aryl methyl sites for hydroxylation is 2. The second kappa shape index (κ2) is 11.5. The van der Waals surface area contributed by atoms with Gasteiger partial charge in [-0.1, -0.05) is 53.5 Å². The SMILES string of the molecule is Cc1cc(OCC(=O)N(Cc2ccc(Cl)cc2)[C@@H](C)C(=O)NCC(C)C)cc(C)c1Br. The normalized spacial score (nSPS) is 11.9. The monoisotopic (exact) mass is 508 g/mol. The third kappa shape index (κ3) is 7.54. The van der Waals surface area contributed by atoms with Gasteiger partial charge in [0.25, 0.3) is 5.91 Å². The molecular formula is C24H30BrClN2O3. The average molecular weight is 510 g/mol. The largest absolute Gasteiger partial charge is 0.484 e. The van der Waals surface area contributed by atoms with Gasteiger partial charge in [0.1, 0.15) is 11.8 Å². The van der Waals surface area contributed by atoms with E-state index in [-0.39, 0.29) is 25.0 Å². The fourth-order valence-corrected chi connectivity index (χ4v) is 3.39. The van der Waals surface area contributed by atoms with Gasteiger partial charge in [0, 0.05) is 22.6 Å². The highest BCUT2D eigenvalue weighted by atomic mass is 79.9. The van der Waals surface area contributed by atoms with Crippen LogP contribution >= 0.6 is 27.5 Å². The lowest BCUT2D eigenvalue weighted by molar-refractivity contribution is -0.142. The number of carbonyl (C=O) groups excluding carboxylic acids is 2. The summed E-state index contributed by atoms with van der Waals surface area (Å²) in [5.41, 5.74) is 2.94. The maximum atomic E-state index is 13.1. The van der Waals surface area contributed by atoms with Gasteiger partial charge < -0.3 is 15.0 Å². The second-order valence-electron chi connectivity index (χ2n) is 8.12. The van der Waals surface area contributed by atoms with E-state index in [1.165, 1.54) is 4.90 Å². The molecule has 2 aromatic carbocycles. The molecule has 0 aliphatic heterocycles.